The molecule has 8 nitrogen and oxygen atoms in total. The Morgan fingerprint density at radius 2 is 0.716 bits per heavy atom. The summed E-state index contributed by atoms with van der Waals surface area (Å²) in [6, 6.07) is 103. The summed E-state index contributed by atoms with van der Waals surface area (Å²) >= 11 is 0. The maximum atomic E-state index is 7.50. The van der Waals surface area contributed by atoms with Gasteiger partial charge in [-0.15, -0.1) is 0 Å². The first-order chi connectivity index (χ1) is 43.7. The van der Waals surface area contributed by atoms with Gasteiger partial charge in [0.25, 0.3) is 13.4 Å². The third-order valence-corrected chi connectivity index (χ3v) is 18.3. The van der Waals surface area contributed by atoms with E-state index < -0.39 is 0 Å². The molecule has 0 radical (unpaired) electrons. The predicted molar refractivity (Wildman–Crippen MR) is 360 cm³/mol. The number of hydrogen-bond acceptors (Lipinski definition) is 6. The van der Waals surface area contributed by atoms with Gasteiger partial charge in [-0.2, -0.15) is 0 Å². The Kier molecular flexibility index (Phi) is 10.5. The average molecular weight is 1130 g/mol. The molecule has 4 aliphatic heterocycles. The number of hydrogen-bond donors (Lipinski definition) is 0. The van der Waals surface area contributed by atoms with Crippen LogP contribution < -0.4 is 61.5 Å². The molecule has 88 heavy (non-hydrogen) atoms. The third-order valence-electron chi connectivity index (χ3n) is 18.3. The normalized spacial score (nSPS) is 13.1. The van der Waals surface area contributed by atoms with Crippen molar-refractivity contribution >= 4 is 124 Å². The zero-order valence-corrected chi connectivity index (χ0v) is 47.3. The maximum absolute atomic E-state index is 7.50. The van der Waals surface area contributed by atoms with Crippen LogP contribution in [-0.2, 0) is 0 Å². The summed E-state index contributed by atoms with van der Waals surface area (Å²) in [7, 11) is 0. The van der Waals surface area contributed by atoms with E-state index in [0.29, 0.717) is 23.0 Å². The Morgan fingerprint density at radius 1 is 0.273 bits per heavy atom. The van der Waals surface area contributed by atoms with Crippen molar-refractivity contribution in [3.05, 3.63) is 291 Å². The maximum Gasteiger partial charge on any atom is 0.260 e. The molecule has 0 unspecified atom stereocenters. The molecule has 0 spiro atoms. The van der Waals surface area contributed by atoms with Gasteiger partial charge >= 0.3 is 0 Å². The van der Waals surface area contributed by atoms with Crippen LogP contribution in [0, 0.1) is 0 Å². The number of rotatable bonds is 8. The topological polar surface area (TPSA) is 53.3 Å². The molecule has 0 amide bonds. The van der Waals surface area contributed by atoms with Crippen molar-refractivity contribution in [3.8, 4) is 57.4 Å². The second kappa shape index (κ2) is 18.9. The molecule has 0 saturated heterocycles. The molecule has 410 valence electrons. The lowest BCUT2D eigenvalue weighted by atomic mass is 9.31. The predicted octanol–water partition coefficient (Wildman–Crippen LogP) is 16.3. The molecular weight excluding hydrogens is 1080 g/mol. The molecule has 10 heteroatoms. The van der Waals surface area contributed by atoms with Crippen molar-refractivity contribution < 1.29 is 18.9 Å². The van der Waals surface area contributed by atoms with E-state index in [1.165, 1.54) is 16.4 Å². The highest BCUT2D eigenvalue weighted by atomic mass is 16.5. The van der Waals surface area contributed by atoms with E-state index in [-0.39, 0.29) is 13.4 Å². The van der Waals surface area contributed by atoms with E-state index in [1.54, 1.807) is 0 Å². The Bertz CT molecular complexity index is 5380. The van der Waals surface area contributed by atoms with Gasteiger partial charge in [-0.05, 0) is 112 Å². The first-order valence-electron chi connectivity index (χ1n) is 30.0. The van der Waals surface area contributed by atoms with Crippen molar-refractivity contribution in [1.82, 2.24) is 9.13 Å². The molecular formula is C78H48B2N4O4. The molecule has 0 atom stereocenters. The highest BCUT2D eigenvalue weighted by molar-refractivity contribution is 7.02. The van der Waals surface area contributed by atoms with E-state index >= 15 is 0 Å². The number of para-hydroxylation sites is 10. The van der Waals surface area contributed by atoms with Crippen LogP contribution in [0.3, 0.4) is 0 Å². The first-order valence-corrected chi connectivity index (χ1v) is 30.0. The van der Waals surface area contributed by atoms with E-state index in [4.69, 9.17) is 18.9 Å². The van der Waals surface area contributed by atoms with Gasteiger partial charge in [0.1, 0.15) is 34.5 Å². The SMILES string of the molecule is c1ccc(N2c3ccccc3B3c4cc5c(cc4N(c4ccccc4)c4cc(Oc6cccc7c8ccccc8n(-c8ccccc8)c67)cc2c43)Oc2cc(Oc3cccc4c6ccccc6n(-c6ccccc6)c34)cc3c2B5c2ccccc2O3)cc1. The van der Waals surface area contributed by atoms with Gasteiger partial charge in [0.15, 0.2) is 11.5 Å². The standard InChI is InChI=1S/C78H48B2N4O4/c1-5-23-49(24-6-1)81-65-39-19-15-35-59(65)79-61-47-62-72(88-74-46-54(45-73-76(74)80(62)60-36-16-20-40-69(60)87-73)86-71-42-22-34-58-56-32-14-18-38-64(56)84(78(58)71)52-29-11-4-12-30-52)48-66(61)82(50-25-7-2-8-26-50)68-44-53(43-67(81)75(68)79)85-70-41-21-33-57-55-31-13-17-37-63(55)83(77(57)70)51-27-9-3-10-28-51/h1-48H. The quantitative estimate of drug-likeness (QED) is 0.141. The van der Waals surface area contributed by atoms with Crippen LogP contribution in [0.4, 0.5) is 34.1 Å². The van der Waals surface area contributed by atoms with Crippen molar-refractivity contribution in [1.29, 1.82) is 0 Å². The van der Waals surface area contributed by atoms with Crippen LogP contribution in [-0.4, -0.2) is 22.6 Å². The zero-order valence-electron chi connectivity index (χ0n) is 47.3. The largest absolute Gasteiger partial charge is 0.458 e. The lowest BCUT2D eigenvalue weighted by Gasteiger charge is -2.45. The third kappa shape index (κ3) is 7.17. The number of benzene rings is 13. The van der Waals surface area contributed by atoms with E-state index in [2.05, 4.69) is 298 Å². The minimum absolute atomic E-state index is 0.194. The monoisotopic (exact) mass is 1130 g/mol. The average Bonchev–Trinajstić information content (AvgIpc) is 1.02. The Labute approximate surface area is 507 Å². The number of anilines is 6. The fourth-order valence-electron chi connectivity index (χ4n) is 14.7. The van der Waals surface area contributed by atoms with E-state index in [1.807, 2.05) is 12.1 Å². The van der Waals surface area contributed by atoms with Gasteiger partial charge < -0.3 is 37.9 Å². The van der Waals surface area contributed by atoms with E-state index in [9.17, 15) is 0 Å². The second-order valence-corrected chi connectivity index (χ2v) is 23.1. The lowest BCUT2D eigenvalue weighted by molar-refractivity contribution is 0.444. The summed E-state index contributed by atoms with van der Waals surface area (Å²) in [6.07, 6.45) is 0. The minimum Gasteiger partial charge on any atom is -0.458 e. The van der Waals surface area contributed by atoms with Gasteiger partial charge in [-0.25, -0.2) is 0 Å². The Hall–Kier alpha value is -11.6. The minimum atomic E-state index is -0.224. The summed E-state index contributed by atoms with van der Waals surface area (Å²) in [5.74, 6) is 5.71. The van der Waals surface area contributed by atoms with Crippen LogP contribution in [0.5, 0.6) is 46.0 Å². The second-order valence-electron chi connectivity index (χ2n) is 23.1. The summed E-state index contributed by atoms with van der Waals surface area (Å²) in [5.41, 5.74) is 19.2. The zero-order chi connectivity index (χ0) is 57.6. The molecule has 6 heterocycles. The summed E-state index contributed by atoms with van der Waals surface area (Å²) in [6.45, 7) is -0.418. The lowest BCUT2D eigenvalue weighted by Crippen LogP contribution is -2.63. The smallest absolute Gasteiger partial charge is 0.260 e. The number of nitrogens with zero attached hydrogens (tertiary/aromatic N) is 4. The molecule has 13 aromatic carbocycles. The first kappa shape index (κ1) is 48.7. The van der Waals surface area contributed by atoms with Crippen LogP contribution in [0.15, 0.2) is 291 Å². The summed E-state index contributed by atoms with van der Waals surface area (Å²) in [5, 5.41) is 4.53. The van der Waals surface area contributed by atoms with Crippen molar-refractivity contribution in [3.63, 3.8) is 0 Å². The molecule has 0 N–H and O–H groups in total. The van der Waals surface area contributed by atoms with Gasteiger partial charge in [0.2, 0.25) is 0 Å². The number of fused-ring (bicyclic) bond motifs is 14. The van der Waals surface area contributed by atoms with E-state index in [0.717, 1.165) is 128 Å². The van der Waals surface area contributed by atoms with Gasteiger partial charge in [0.05, 0.1) is 22.1 Å². The van der Waals surface area contributed by atoms with Crippen LogP contribution in [0.2, 0.25) is 0 Å². The van der Waals surface area contributed by atoms with Gasteiger partial charge in [-0.1, -0.05) is 176 Å². The molecule has 19 rings (SSSR count). The highest BCUT2D eigenvalue weighted by Gasteiger charge is 2.47. The highest BCUT2D eigenvalue weighted by Crippen LogP contribution is 2.50. The Balaban J connectivity index is 0.821. The fourth-order valence-corrected chi connectivity index (χ4v) is 14.7. The molecule has 0 aliphatic carbocycles. The molecule has 4 aliphatic rings. The molecule has 2 aromatic heterocycles. The van der Waals surface area contributed by atoms with Crippen molar-refractivity contribution in [2.45, 2.75) is 0 Å². The van der Waals surface area contributed by atoms with Gasteiger partial charge in [-0.3, -0.25) is 0 Å². The van der Waals surface area contributed by atoms with Crippen LogP contribution >= 0.6 is 0 Å². The van der Waals surface area contributed by atoms with Gasteiger partial charge in [0, 0.05) is 103 Å². The van der Waals surface area contributed by atoms with Crippen molar-refractivity contribution in [2.24, 2.45) is 0 Å². The van der Waals surface area contributed by atoms with Crippen LogP contribution in [0.25, 0.3) is 55.0 Å². The molecule has 0 fully saturated rings. The number of ether oxygens (including phenoxy) is 4. The van der Waals surface area contributed by atoms with Crippen LogP contribution in [0.1, 0.15) is 0 Å². The summed E-state index contributed by atoms with van der Waals surface area (Å²) < 4.78 is 33.7. The molecule has 15 aromatic rings. The molecule has 0 bridgehead atoms. The Morgan fingerprint density at radius 3 is 1.30 bits per heavy atom. The van der Waals surface area contributed by atoms with Crippen molar-refractivity contribution in [2.75, 3.05) is 9.80 Å². The molecule has 0 saturated carbocycles. The fraction of sp³-hybridized carbons (Fsp3) is 0. The number of aromatic nitrogens is 2. The summed E-state index contributed by atoms with van der Waals surface area (Å²) in [4.78, 5) is 4.85.